The van der Waals surface area contributed by atoms with Gasteiger partial charge >= 0.3 is 0 Å². The van der Waals surface area contributed by atoms with Gasteiger partial charge in [-0.2, -0.15) is 0 Å². The second-order valence-corrected chi connectivity index (χ2v) is 3.64. The lowest BCUT2D eigenvalue weighted by molar-refractivity contribution is 0.449. The zero-order chi connectivity index (χ0) is 10.7. The Morgan fingerprint density at radius 2 is 1.93 bits per heavy atom. The highest BCUT2D eigenvalue weighted by Crippen LogP contribution is 2.26. The summed E-state index contributed by atoms with van der Waals surface area (Å²) in [5.74, 6) is -1.46. The molecule has 0 aliphatic carbocycles. The Hall–Kier alpha value is -0.960. The fraction of sp³-hybridized carbons (Fsp3) is 0.455. The number of halogens is 2. The molecule has 0 aromatic heterocycles. The summed E-state index contributed by atoms with van der Waals surface area (Å²) in [6.07, 6.45) is 0. The second kappa shape index (κ2) is 4.51. The predicted molar refractivity (Wildman–Crippen MR) is 53.0 cm³/mol. The first-order valence-electron chi connectivity index (χ1n) is 4.72. The Balaban J connectivity index is 3.01. The lowest BCUT2D eigenvalue weighted by Crippen LogP contribution is -2.18. The van der Waals surface area contributed by atoms with Crippen molar-refractivity contribution in [3.05, 3.63) is 35.4 Å². The topological polar surface area (TPSA) is 26.0 Å². The van der Waals surface area contributed by atoms with Crippen molar-refractivity contribution in [2.75, 3.05) is 6.54 Å². The molecule has 0 spiro atoms. The van der Waals surface area contributed by atoms with Crippen LogP contribution in [0.2, 0.25) is 0 Å². The number of benzene rings is 1. The van der Waals surface area contributed by atoms with E-state index >= 15 is 0 Å². The summed E-state index contributed by atoms with van der Waals surface area (Å²) in [5, 5.41) is 0. The first-order chi connectivity index (χ1) is 6.57. The van der Waals surface area contributed by atoms with E-state index in [2.05, 4.69) is 0 Å². The van der Waals surface area contributed by atoms with Gasteiger partial charge in [-0.3, -0.25) is 0 Å². The molecule has 0 amide bonds. The molecule has 0 bridgehead atoms. The SMILES string of the molecule is CC(CN)C(C)c1cccc(F)c1F. The molecular formula is C11H15F2N. The fourth-order valence-electron chi connectivity index (χ4n) is 1.38. The Bertz CT molecular complexity index is 312. The van der Waals surface area contributed by atoms with Gasteiger partial charge in [-0.1, -0.05) is 26.0 Å². The summed E-state index contributed by atoms with van der Waals surface area (Å²) >= 11 is 0. The van der Waals surface area contributed by atoms with Gasteiger partial charge in [0.15, 0.2) is 11.6 Å². The van der Waals surface area contributed by atoms with E-state index in [1.54, 1.807) is 6.07 Å². The molecule has 1 aromatic carbocycles. The third kappa shape index (κ3) is 2.10. The van der Waals surface area contributed by atoms with Crippen LogP contribution in [0, 0.1) is 17.6 Å². The summed E-state index contributed by atoms with van der Waals surface area (Å²) in [4.78, 5) is 0. The largest absolute Gasteiger partial charge is 0.330 e. The van der Waals surface area contributed by atoms with Gasteiger partial charge in [-0.05, 0) is 30.0 Å². The Labute approximate surface area is 82.9 Å². The van der Waals surface area contributed by atoms with Crippen molar-refractivity contribution in [1.29, 1.82) is 0 Å². The van der Waals surface area contributed by atoms with Crippen LogP contribution in [0.25, 0.3) is 0 Å². The van der Waals surface area contributed by atoms with E-state index in [-0.39, 0.29) is 11.8 Å². The van der Waals surface area contributed by atoms with Gasteiger partial charge in [-0.25, -0.2) is 8.78 Å². The van der Waals surface area contributed by atoms with Crippen LogP contribution in [0.1, 0.15) is 25.3 Å². The monoisotopic (exact) mass is 199 g/mol. The molecule has 1 aromatic rings. The summed E-state index contributed by atoms with van der Waals surface area (Å²) < 4.78 is 26.2. The first kappa shape index (κ1) is 11.1. The molecule has 0 aliphatic rings. The van der Waals surface area contributed by atoms with E-state index in [4.69, 9.17) is 5.73 Å². The molecule has 1 nitrogen and oxygen atoms in total. The molecular weight excluding hydrogens is 184 g/mol. The quantitative estimate of drug-likeness (QED) is 0.795. The molecule has 0 radical (unpaired) electrons. The maximum atomic E-state index is 13.3. The van der Waals surface area contributed by atoms with Gasteiger partial charge < -0.3 is 5.73 Å². The maximum absolute atomic E-state index is 13.3. The van der Waals surface area contributed by atoms with Crippen molar-refractivity contribution in [2.24, 2.45) is 11.7 Å². The van der Waals surface area contributed by atoms with Gasteiger partial charge in [0.25, 0.3) is 0 Å². The average molecular weight is 199 g/mol. The Morgan fingerprint density at radius 1 is 1.29 bits per heavy atom. The van der Waals surface area contributed by atoms with E-state index in [9.17, 15) is 8.78 Å². The zero-order valence-corrected chi connectivity index (χ0v) is 8.43. The minimum absolute atomic E-state index is 0.0595. The molecule has 2 unspecified atom stereocenters. The summed E-state index contributed by atoms with van der Waals surface area (Å²) in [6, 6.07) is 4.25. The van der Waals surface area contributed by atoms with Crippen molar-refractivity contribution in [3.8, 4) is 0 Å². The van der Waals surface area contributed by atoms with Crippen molar-refractivity contribution < 1.29 is 8.78 Å². The Morgan fingerprint density at radius 3 is 2.50 bits per heavy atom. The smallest absolute Gasteiger partial charge is 0.162 e. The van der Waals surface area contributed by atoms with Crippen LogP contribution in [0.3, 0.4) is 0 Å². The molecule has 78 valence electrons. The molecule has 1 rings (SSSR count). The molecule has 0 saturated heterocycles. The Kier molecular flexibility index (Phi) is 3.58. The average Bonchev–Trinajstić information content (AvgIpc) is 2.20. The third-order valence-corrected chi connectivity index (χ3v) is 2.70. The first-order valence-corrected chi connectivity index (χ1v) is 4.72. The van der Waals surface area contributed by atoms with Crippen molar-refractivity contribution >= 4 is 0 Å². The fourth-order valence-corrected chi connectivity index (χ4v) is 1.38. The van der Waals surface area contributed by atoms with Crippen LogP contribution in [0.4, 0.5) is 8.78 Å². The third-order valence-electron chi connectivity index (χ3n) is 2.70. The number of hydrogen-bond acceptors (Lipinski definition) is 1. The van der Waals surface area contributed by atoms with Crippen molar-refractivity contribution in [1.82, 2.24) is 0 Å². The standard InChI is InChI=1S/C11H15F2N/c1-7(6-14)8(2)9-4-3-5-10(12)11(9)13/h3-5,7-8H,6,14H2,1-2H3. The predicted octanol–water partition coefficient (Wildman–Crippen LogP) is 2.66. The number of rotatable bonds is 3. The van der Waals surface area contributed by atoms with Gasteiger partial charge in [0, 0.05) is 0 Å². The number of nitrogens with two attached hydrogens (primary N) is 1. The van der Waals surface area contributed by atoms with E-state index in [1.165, 1.54) is 6.07 Å². The van der Waals surface area contributed by atoms with Gasteiger partial charge in [0.05, 0.1) is 0 Å². The van der Waals surface area contributed by atoms with Crippen LogP contribution < -0.4 is 5.73 Å². The normalized spacial score (nSPS) is 15.2. The van der Waals surface area contributed by atoms with Crippen LogP contribution in [0.15, 0.2) is 18.2 Å². The van der Waals surface area contributed by atoms with E-state index in [0.717, 1.165) is 6.07 Å². The van der Waals surface area contributed by atoms with E-state index in [0.29, 0.717) is 12.1 Å². The molecule has 0 heterocycles. The summed E-state index contributed by atoms with van der Waals surface area (Å²) in [5.41, 5.74) is 5.89. The minimum Gasteiger partial charge on any atom is -0.330 e. The minimum atomic E-state index is -0.793. The second-order valence-electron chi connectivity index (χ2n) is 3.64. The zero-order valence-electron chi connectivity index (χ0n) is 8.43. The molecule has 3 heteroatoms. The maximum Gasteiger partial charge on any atom is 0.162 e. The van der Waals surface area contributed by atoms with E-state index in [1.807, 2.05) is 13.8 Å². The highest BCUT2D eigenvalue weighted by atomic mass is 19.2. The lowest BCUT2D eigenvalue weighted by atomic mass is 9.88. The summed E-state index contributed by atoms with van der Waals surface area (Å²) in [6.45, 7) is 4.25. The lowest BCUT2D eigenvalue weighted by Gasteiger charge is -2.19. The highest BCUT2D eigenvalue weighted by molar-refractivity contribution is 5.23. The van der Waals surface area contributed by atoms with Crippen LogP contribution in [-0.2, 0) is 0 Å². The van der Waals surface area contributed by atoms with Crippen molar-refractivity contribution in [3.63, 3.8) is 0 Å². The molecule has 0 aliphatic heterocycles. The van der Waals surface area contributed by atoms with Crippen LogP contribution >= 0.6 is 0 Å². The van der Waals surface area contributed by atoms with E-state index < -0.39 is 11.6 Å². The van der Waals surface area contributed by atoms with Crippen LogP contribution in [-0.4, -0.2) is 6.54 Å². The molecule has 2 atom stereocenters. The highest BCUT2D eigenvalue weighted by Gasteiger charge is 2.18. The molecule has 0 fully saturated rings. The molecule has 0 saturated carbocycles. The van der Waals surface area contributed by atoms with Gasteiger partial charge in [0.2, 0.25) is 0 Å². The molecule has 14 heavy (non-hydrogen) atoms. The van der Waals surface area contributed by atoms with Gasteiger partial charge in [-0.15, -0.1) is 0 Å². The van der Waals surface area contributed by atoms with Crippen LogP contribution in [0.5, 0.6) is 0 Å². The van der Waals surface area contributed by atoms with Gasteiger partial charge in [0.1, 0.15) is 0 Å². The number of hydrogen-bond donors (Lipinski definition) is 1. The summed E-state index contributed by atoms with van der Waals surface area (Å²) in [7, 11) is 0. The van der Waals surface area contributed by atoms with Crippen molar-refractivity contribution in [2.45, 2.75) is 19.8 Å². The molecule has 2 N–H and O–H groups in total.